The number of nitrogens with two attached hydrogens (primary N) is 1. The summed E-state index contributed by atoms with van der Waals surface area (Å²) in [6.07, 6.45) is 5.19. The molecule has 2 amide bonds. The second-order valence-electron chi connectivity index (χ2n) is 7.43. The Labute approximate surface area is 163 Å². The predicted octanol–water partition coefficient (Wildman–Crippen LogP) is 3.30. The minimum atomic E-state index is -0.150. The number of benzene rings is 1. The van der Waals surface area contributed by atoms with Crippen LogP contribution in [0, 0.1) is 5.92 Å². The summed E-state index contributed by atoms with van der Waals surface area (Å²) in [7, 11) is 0. The number of thiophene rings is 1. The van der Waals surface area contributed by atoms with Crippen LogP contribution in [-0.4, -0.2) is 36.3 Å². The number of piperidine rings is 1. The molecule has 1 aliphatic heterocycles. The number of carbonyl (C=O) groups is 2. The molecule has 4 rings (SSSR count). The first-order valence-corrected chi connectivity index (χ1v) is 10.5. The van der Waals surface area contributed by atoms with E-state index in [1.807, 2.05) is 22.4 Å². The maximum atomic E-state index is 12.9. The van der Waals surface area contributed by atoms with Gasteiger partial charge in [-0.2, -0.15) is 0 Å². The van der Waals surface area contributed by atoms with Crippen molar-refractivity contribution in [2.24, 2.45) is 11.7 Å². The SMILES string of the molecule is NCC1CCN(C(=O)c2ccsc2NC(=O)c2ccc3c(c2)CCC3)CC1. The zero-order chi connectivity index (χ0) is 18.8. The minimum Gasteiger partial charge on any atom is -0.339 e. The van der Waals surface area contributed by atoms with Crippen molar-refractivity contribution in [2.45, 2.75) is 32.1 Å². The van der Waals surface area contributed by atoms with Crippen LogP contribution >= 0.6 is 11.3 Å². The van der Waals surface area contributed by atoms with Gasteiger partial charge in [0, 0.05) is 18.7 Å². The van der Waals surface area contributed by atoms with Gasteiger partial charge in [-0.15, -0.1) is 11.3 Å². The van der Waals surface area contributed by atoms with Gasteiger partial charge in [0.2, 0.25) is 0 Å². The number of carbonyl (C=O) groups excluding carboxylic acids is 2. The van der Waals surface area contributed by atoms with Gasteiger partial charge in [0.1, 0.15) is 5.00 Å². The molecule has 1 aromatic heterocycles. The van der Waals surface area contributed by atoms with Gasteiger partial charge >= 0.3 is 0 Å². The number of fused-ring (bicyclic) bond motifs is 1. The van der Waals surface area contributed by atoms with Crippen LogP contribution < -0.4 is 11.1 Å². The molecule has 2 aromatic rings. The number of nitrogens with one attached hydrogen (secondary N) is 1. The molecule has 142 valence electrons. The number of hydrogen-bond acceptors (Lipinski definition) is 4. The zero-order valence-corrected chi connectivity index (χ0v) is 16.2. The highest BCUT2D eigenvalue weighted by atomic mass is 32.1. The first-order chi connectivity index (χ1) is 13.2. The Kier molecular flexibility index (Phi) is 5.27. The van der Waals surface area contributed by atoms with Crippen LogP contribution in [0.25, 0.3) is 0 Å². The van der Waals surface area contributed by atoms with E-state index < -0.39 is 0 Å². The van der Waals surface area contributed by atoms with E-state index in [1.54, 1.807) is 6.07 Å². The van der Waals surface area contributed by atoms with Gasteiger partial charge in [-0.3, -0.25) is 9.59 Å². The second-order valence-corrected chi connectivity index (χ2v) is 8.34. The van der Waals surface area contributed by atoms with Crippen LogP contribution in [0.4, 0.5) is 5.00 Å². The Bertz CT molecular complexity index is 853. The van der Waals surface area contributed by atoms with Crippen molar-refractivity contribution >= 4 is 28.2 Å². The van der Waals surface area contributed by atoms with Crippen LogP contribution in [0.3, 0.4) is 0 Å². The molecular formula is C21H25N3O2S. The standard InChI is InChI=1S/C21H25N3O2S/c22-13-14-6-9-24(10-7-14)21(26)18-8-11-27-20(18)23-19(25)17-5-4-15-2-1-3-16(15)12-17/h4-5,8,11-12,14H,1-3,6-7,9-10,13,22H2,(H,23,25). The van der Waals surface area contributed by atoms with E-state index in [9.17, 15) is 9.59 Å². The summed E-state index contributed by atoms with van der Waals surface area (Å²) in [6, 6.07) is 7.73. The molecule has 3 N–H and O–H groups in total. The lowest BCUT2D eigenvalue weighted by Gasteiger charge is -2.31. The lowest BCUT2D eigenvalue weighted by atomic mass is 9.97. The Morgan fingerprint density at radius 1 is 1.15 bits per heavy atom. The molecule has 0 radical (unpaired) electrons. The van der Waals surface area contributed by atoms with Crippen LogP contribution in [0.15, 0.2) is 29.6 Å². The molecule has 0 bridgehead atoms. The van der Waals surface area contributed by atoms with Crippen LogP contribution in [0.1, 0.15) is 51.1 Å². The van der Waals surface area contributed by atoms with E-state index in [0.717, 1.165) is 45.2 Å². The van der Waals surface area contributed by atoms with Crippen molar-refractivity contribution in [3.05, 3.63) is 51.9 Å². The van der Waals surface area contributed by atoms with Gasteiger partial charge in [0.25, 0.3) is 11.8 Å². The van der Waals surface area contributed by atoms with Crippen LogP contribution in [0.5, 0.6) is 0 Å². The highest BCUT2D eigenvalue weighted by Crippen LogP contribution is 2.28. The summed E-state index contributed by atoms with van der Waals surface area (Å²) < 4.78 is 0. The predicted molar refractivity (Wildman–Crippen MR) is 108 cm³/mol. The molecule has 0 saturated carbocycles. The Morgan fingerprint density at radius 2 is 1.93 bits per heavy atom. The fourth-order valence-corrected chi connectivity index (χ4v) is 4.78. The van der Waals surface area contributed by atoms with Crippen molar-refractivity contribution in [1.82, 2.24) is 4.90 Å². The van der Waals surface area contributed by atoms with Gasteiger partial charge < -0.3 is 16.0 Å². The lowest BCUT2D eigenvalue weighted by molar-refractivity contribution is 0.0695. The average Bonchev–Trinajstić information content (AvgIpc) is 3.36. The Balaban J connectivity index is 1.46. The van der Waals surface area contributed by atoms with Crippen molar-refractivity contribution in [2.75, 3.05) is 25.0 Å². The molecule has 27 heavy (non-hydrogen) atoms. The molecule has 0 unspecified atom stereocenters. The van der Waals surface area contributed by atoms with E-state index in [2.05, 4.69) is 11.4 Å². The van der Waals surface area contributed by atoms with Crippen molar-refractivity contribution in [1.29, 1.82) is 0 Å². The first kappa shape index (κ1) is 18.2. The van der Waals surface area contributed by atoms with E-state index in [0.29, 0.717) is 28.6 Å². The molecule has 0 spiro atoms. The minimum absolute atomic E-state index is 0.00373. The highest BCUT2D eigenvalue weighted by molar-refractivity contribution is 7.14. The number of anilines is 1. The van der Waals surface area contributed by atoms with Gasteiger partial charge in [0.05, 0.1) is 5.56 Å². The normalized spacial score (nSPS) is 17.0. The van der Waals surface area contributed by atoms with E-state index in [-0.39, 0.29) is 11.8 Å². The number of amides is 2. The molecule has 1 aromatic carbocycles. The van der Waals surface area contributed by atoms with Gasteiger partial charge in [-0.1, -0.05) is 6.07 Å². The third-order valence-corrected chi connectivity index (χ3v) is 6.55. The summed E-state index contributed by atoms with van der Waals surface area (Å²) in [4.78, 5) is 27.5. The van der Waals surface area contributed by atoms with E-state index >= 15 is 0 Å². The number of hydrogen-bond donors (Lipinski definition) is 2. The van der Waals surface area contributed by atoms with Crippen molar-refractivity contribution in [3.63, 3.8) is 0 Å². The maximum absolute atomic E-state index is 12.9. The van der Waals surface area contributed by atoms with Gasteiger partial charge in [-0.05, 0) is 79.3 Å². The summed E-state index contributed by atoms with van der Waals surface area (Å²) in [5, 5.41) is 5.44. The zero-order valence-electron chi connectivity index (χ0n) is 15.4. The number of rotatable bonds is 4. The maximum Gasteiger partial charge on any atom is 0.256 e. The Morgan fingerprint density at radius 3 is 2.70 bits per heavy atom. The van der Waals surface area contributed by atoms with Crippen LogP contribution in [-0.2, 0) is 12.8 Å². The van der Waals surface area contributed by atoms with E-state index in [1.165, 1.54) is 22.5 Å². The van der Waals surface area contributed by atoms with Crippen molar-refractivity contribution in [3.8, 4) is 0 Å². The van der Waals surface area contributed by atoms with Gasteiger partial charge in [0.15, 0.2) is 0 Å². The first-order valence-electron chi connectivity index (χ1n) is 9.65. The molecule has 2 aliphatic rings. The molecule has 0 atom stereocenters. The van der Waals surface area contributed by atoms with Crippen LogP contribution in [0.2, 0.25) is 0 Å². The number of aryl methyl sites for hydroxylation is 2. The second kappa shape index (κ2) is 7.82. The Hall–Kier alpha value is -2.18. The molecule has 5 nitrogen and oxygen atoms in total. The summed E-state index contributed by atoms with van der Waals surface area (Å²) in [6.45, 7) is 2.14. The lowest BCUT2D eigenvalue weighted by Crippen LogP contribution is -2.40. The molecule has 2 heterocycles. The summed E-state index contributed by atoms with van der Waals surface area (Å²) in [5.41, 5.74) is 9.60. The smallest absolute Gasteiger partial charge is 0.256 e. The van der Waals surface area contributed by atoms with Gasteiger partial charge in [-0.25, -0.2) is 0 Å². The molecule has 1 fully saturated rings. The number of likely N-dealkylation sites (tertiary alicyclic amines) is 1. The fourth-order valence-electron chi connectivity index (χ4n) is 4.00. The van der Waals surface area contributed by atoms with Crippen molar-refractivity contribution < 1.29 is 9.59 Å². The summed E-state index contributed by atoms with van der Waals surface area (Å²) >= 11 is 1.40. The molecule has 1 saturated heterocycles. The molecule has 6 heteroatoms. The fraction of sp³-hybridized carbons (Fsp3) is 0.429. The summed E-state index contributed by atoms with van der Waals surface area (Å²) in [5.74, 6) is 0.356. The monoisotopic (exact) mass is 383 g/mol. The molecule has 1 aliphatic carbocycles. The molecular weight excluding hydrogens is 358 g/mol. The third kappa shape index (κ3) is 3.77. The largest absolute Gasteiger partial charge is 0.339 e. The van der Waals surface area contributed by atoms with E-state index in [4.69, 9.17) is 5.73 Å². The third-order valence-electron chi connectivity index (χ3n) is 5.72. The quantitative estimate of drug-likeness (QED) is 0.851. The number of nitrogens with zero attached hydrogens (tertiary/aromatic N) is 1. The topological polar surface area (TPSA) is 75.4 Å². The average molecular weight is 384 g/mol. The highest BCUT2D eigenvalue weighted by Gasteiger charge is 2.25.